The van der Waals surface area contributed by atoms with Crippen molar-refractivity contribution in [3.05, 3.63) is 36.2 Å². The predicted molar refractivity (Wildman–Crippen MR) is 88.2 cm³/mol. The van der Waals surface area contributed by atoms with E-state index in [4.69, 9.17) is 0 Å². The van der Waals surface area contributed by atoms with E-state index >= 15 is 0 Å². The first kappa shape index (κ1) is 20.1. The van der Waals surface area contributed by atoms with Gasteiger partial charge in [0.05, 0.1) is 24.4 Å². The maximum Gasteiger partial charge on any atom is 0.399 e. The zero-order valence-electron chi connectivity index (χ0n) is 13.7. The summed E-state index contributed by atoms with van der Waals surface area (Å²) < 4.78 is 67.8. The van der Waals surface area contributed by atoms with Gasteiger partial charge in [-0.3, -0.25) is 4.18 Å². The molecule has 1 heterocycles. The van der Waals surface area contributed by atoms with Gasteiger partial charge >= 0.3 is 16.5 Å². The topological polar surface area (TPSA) is 137 Å². The molecule has 13 heteroatoms. The Morgan fingerprint density at radius 1 is 1.08 bits per heavy atom. The minimum Gasteiger partial charge on any atom is -0.324 e. The first-order valence-corrected chi connectivity index (χ1v) is 10.0. The predicted octanol–water partition coefficient (Wildman–Crippen LogP) is 0.744. The zero-order valence-corrected chi connectivity index (χ0v) is 15.3. The van der Waals surface area contributed by atoms with Crippen molar-refractivity contribution in [1.82, 2.24) is 15.0 Å². The Morgan fingerprint density at radius 2 is 1.73 bits per heavy atom. The van der Waals surface area contributed by atoms with Crippen molar-refractivity contribution < 1.29 is 29.6 Å². The molecule has 2 aromatic rings. The van der Waals surface area contributed by atoms with Crippen LogP contribution in [0.5, 0.6) is 0 Å². The largest absolute Gasteiger partial charge is 0.399 e. The fourth-order valence-corrected chi connectivity index (χ4v) is 3.37. The second-order valence-corrected chi connectivity index (χ2v) is 8.34. The molecule has 10 nitrogen and oxygen atoms in total. The van der Waals surface area contributed by atoms with E-state index in [9.17, 15) is 21.2 Å². The lowest BCUT2D eigenvalue weighted by molar-refractivity contribution is 0.255. The van der Waals surface area contributed by atoms with Gasteiger partial charge in [-0.2, -0.15) is 27.8 Å². The monoisotopic (exact) mass is 406 g/mol. The molecule has 0 fully saturated rings. The van der Waals surface area contributed by atoms with Crippen LogP contribution in [0.25, 0.3) is 0 Å². The quantitative estimate of drug-likeness (QED) is 0.668. The minimum absolute atomic E-state index is 0.0243. The highest BCUT2D eigenvalue weighted by atomic mass is 32.3. The molecule has 0 radical (unpaired) electrons. The average molecular weight is 406 g/mol. The van der Waals surface area contributed by atoms with Crippen molar-refractivity contribution in [2.45, 2.75) is 11.8 Å². The van der Waals surface area contributed by atoms with Gasteiger partial charge in [-0.05, 0) is 31.2 Å². The van der Waals surface area contributed by atoms with Gasteiger partial charge in [0.1, 0.15) is 5.82 Å². The number of nitrogens with one attached hydrogen (secondary N) is 1. The van der Waals surface area contributed by atoms with E-state index in [0.717, 1.165) is 7.11 Å². The van der Waals surface area contributed by atoms with Crippen molar-refractivity contribution in [2.24, 2.45) is 0 Å². The number of aromatic nitrogens is 3. The number of hydrogen-bond donors (Lipinski definition) is 1. The van der Waals surface area contributed by atoms with Gasteiger partial charge in [0, 0.05) is 5.69 Å². The van der Waals surface area contributed by atoms with Crippen LogP contribution in [0.4, 0.5) is 16.0 Å². The standard InChI is InChI=1S/C13H15FN4O6S2/c1-9-15-12(14)18-13(16-9)17-10-3-5-11(6-4-10)25(19,20)8-7-24-26(21,22)23-2/h3-6H,7-8H2,1-2H3,(H,15,16,17,18). The third-order valence-electron chi connectivity index (χ3n) is 2.97. The van der Waals surface area contributed by atoms with Crippen molar-refractivity contribution in [3.63, 3.8) is 0 Å². The van der Waals surface area contributed by atoms with Crippen LogP contribution in [0.1, 0.15) is 5.82 Å². The van der Waals surface area contributed by atoms with Crippen LogP contribution in [0.3, 0.4) is 0 Å². The van der Waals surface area contributed by atoms with Crippen LogP contribution in [-0.4, -0.2) is 51.3 Å². The van der Waals surface area contributed by atoms with Crippen molar-refractivity contribution >= 4 is 31.9 Å². The Bertz CT molecular complexity index is 960. The number of sulfone groups is 1. The smallest absolute Gasteiger partial charge is 0.324 e. The molecule has 1 aromatic carbocycles. The molecular weight excluding hydrogens is 391 g/mol. The Morgan fingerprint density at radius 3 is 2.31 bits per heavy atom. The van der Waals surface area contributed by atoms with Crippen LogP contribution < -0.4 is 5.32 Å². The summed E-state index contributed by atoms with van der Waals surface area (Å²) in [6.45, 7) is 0.916. The van der Waals surface area contributed by atoms with Gasteiger partial charge < -0.3 is 5.32 Å². The van der Waals surface area contributed by atoms with Crippen molar-refractivity contribution in [1.29, 1.82) is 0 Å². The van der Waals surface area contributed by atoms with Gasteiger partial charge in [-0.25, -0.2) is 12.6 Å². The second kappa shape index (κ2) is 7.99. The van der Waals surface area contributed by atoms with Gasteiger partial charge in [0.15, 0.2) is 9.84 Å². The maximum absolute atomic E-state index is 13.1. The summed E-state index contributed by atoms with van der Waals surface area (Å²) in [5, 5.41) is 2.72. The number of hydrogen-bond acceptors (Lipinski definition) is 10. The summed E-state index contributed by atoms with van der Waals surface area (Å²) >= 11 is 0. The number of halogens is 1. The van der Waals surface area contributed by atoms with Gasteiger partial charge in [-0.1, -0.05) is 0 Å². The lowest BCUT2D eigenvalue weighted by Crippen LogP contribution is -2.16. The fraction of sp³-hybridized carbons (Fsp3) is 0.308. The van der Waals surface area contributed by atoms with Crippen LogP contribution >= 0.6 is 0 Å². The molecule has 2 rings (SSSR count). The fourth-order valence-electron chi connectivity index (χ4n) is 1.79. The van der Waals surface area contributed by atoms with E-state index in [1.807, 2.05) is 0 Å². The van der Waals surface area contributed by atoms with Crippen molar-refractivity contribution in [2.75, 3.05) is 24.8 Å². The van der Waals surface area contributed by atoms with Crippen LogP contribution in [0, 0.1) is 13.0 Å². The normalized spacial score (nSPS) is 12.1. The van der Waals surface area contributed by atoms with E-state index in [2.05, 4.69) is 28.6 Å². The molecule has 0 saturated heterocycles. The van der Waals surface area contributed by atoms with Crippen LogP contribution in [-0.2, 0) is 28.6 Å². The second-order valence-electron chi connectivity index (χ2n) is 4.84. The van der Waals surface area contributed by atoms with E-state index in [0.29, 0.717) is 5.69 Å². The maximum atomic E-state index is 13.1. The number of benzene rings is 1. The van der Waals surface area contributed by atoms with E-state index in [-0.39, 0.29) is 16.7 Å². The van der Waals surface area contributed by atoms with Gasteiger partial charge in [0.2, 0.25) is 5.95 Å². The summed E-state index contributed by atoms with van der Waals surface area (Å²) in [6, 6.07) is 5.45. The Labute approximate surface area is 149 Å². The third kappa shape index (κ3) is 5.66. The summed E-state index contributed by atoms with van der Waals surface area (Å²) in [5.74, 6) is -0.394. The zero-order chi connectivity index (χ0) is 19.4. The highest BCUT2D eigenvalue weighted by Crippen LogP contribution is 2.18. The molecule has 1 N–H and O–H groups in total. The molecule has 0 aliphatic heterocycles. The molecule has 0 saturated carbocycles. The third-order valence-corrected chi connectivity index (χ3v) is 5.53. The SMILES string of the molecule is COS(=O)(=O)OCCS(=O)(=O)c1ccc(Nc2nc(C)nc(F)n2)cc1. The molecule has 1 aromatic heterocycles. The molecular formula is C13H15FN4O6S2. The molecule has 142 valence electrons. The Balaban J connectivity index is 2.05. The highest BCUT2D eigenvalue weighted by molar-refractivity contribution is 7.91. The number of aryl methyl sites for hydroxylation is 1. The molecule has 0 atom stereocenters. The lowest BCUT2D eigenvalue weighted by atomic mass is 10.3. The number of anilines is 2. The van der Waals surface area contributed by atoms with Gasteiger partial charge in [-0.15, -0.1) is 0 Å². The molecule has 0 spiro atoms. The molecule has 0 bridgehead atoms. The Kier molecular flexibility index (Phi) is 6.17. The molecule has 0 unspecified atom stereocenters. The molecule has 0 aliphatic rings. The van der Waals surface area contributed by atoms with E-state index < -0.39 is 38.7 Å². The summed E-state index contributed by atoms with van der Waals surface area (Å²) in [6.07, 6.45) is -0.940. The van der Waals surface area contributed by atoms with Crippen molar-refractivity contribution in [3.8, 4) is 0 Å². The first-order valence-electron chi connectivity index (χ1n) is 7.04. The van der Waals surface area contributed by atoms with E-state index in [1.165, 1.54) is 31.2 Å². The van der Waals surface area contributed by atoms with Gasteiger partial charge in [0.25, 0.3) is 0 Å². The molecule has 26 heavy (non-hydrogen) atoms. The van der Waals surface area contributed by atoms with E-state index in [1.54, 1.807) is 0 Å². The lowest BCUT2D eigenvalue weighted by Gasteiger charge is -2.08. The number of rotatable bonds is 8. The molecule has 0 aliphatic carbocycles. The highest BCUT2D eigenvalue weighted by Gasteiger charge is 2.17. The van der Waals surface area contributed by atoms with Crippen LogP contribution in [0.2, 0.25) is 0 Å². The Hall–Kier alpha value is -2.22. The van der Waals surface area contributed by atoms with Crippen LogP contribution in [0.15, 0.2) is 29.2 Å². The first-order chi connectivity index (χ1) is 12.1. The summed E-state index contributed by atoms with van der Waals surface area (Å²) in [4.78, 5) is 10.7. The summed E-state index contributed by atoms with van der Waals surface area (Å²) in [5.41, 5.74) is 0.423. The average Bonchev–Trinajstić information content (AvgIpc) is 2.54. The minimum atomic E-state index is -4.20. The molecule has 0 amide bonds. The summed E-state index contributed by atoms with van der Waals surface area (Å²) in [7, 11) is -7.07. The number of nitrogens with zero attached hydrogens (tertiary/aromatic N) is 3.